The summed E-state index contributed by atoms with van der Waals surface area (Å²) >= 11 is 1.44. The molecule has 4 fully saturated rings. The Labute approximate surface area is 325 Å². The number of thioether (sulfide) groups is 1. The van der Waals surface area contributed by atoms with E-state index in [9.17, 15) is 39.0 Å². The number of nitrogens with two attached hydrogens (primary N) is 1. The maximum Gasteiger partial charge on any atom is 0.326 e. The average Bonchev–Trinajstić information content (AvgIpc) is 3.14. The Morgan fingerprint density at radius 1 is 0.745 bits per heavy atom. The first-order valence-electron chi connectivity index (χ1n) is 19.1. The predicted molar refractivity (Wildman–Crippen MR) is 208 cm³/mol. The number of carboxylic acid groups (broad SMARTS) is 1. The van der Waals surface area contributed by atoms with E-state index in [1.54, 1.807) is 42.5 Å². The van der Waals surface area contributed by atoms with Crippen LogP contribution in [0.4, 0.5) is 0 Å². The first kappa shape index (κ1) is 41.5. The zero-order valence-electron chi connectivity index (χ0n) is 31.3. The van der Waals surface area contributed by atoms with Gasteiger partial charge in [0.25, 0.3) is 0 Å². The lowest BCUT2D eigenvalue weighted by Gasteiger charge is -2.57. The fraction of sp³-hybridized carbons (Fsp3) is 0.550. The summed E-state index contributed by atoms with van der Waals surface area (Å²) in [6.07, 6.45) is 8.68. The molecule has 4 atom stereocenters. The van der Waals surface area contributed by atoms with E-state index < -0.39 is 60.3 Å². The van der Waals surface area contributed by atoms with E-state index in [0.29, 0.717) is 29.1 Å². The summed E-state index contributed by atoms with van der Waals surface area (Å²) in [5, 5.41) is 32.9. The largest absolute Gasteiger partial charge is 0.508 e. The number of phenols is 1. The maximum absolute atomic E-state index is 13.6. The Kier molecular flexibility index (Phi) is 14.6. The van der Waals surface area contributed by atoms with Crippen LogP contribution < -0.4 is 32.3 Å². The van der Waals surface area contributed by atoms with E-state index in [4.69, 9.17) is 5.73 Å². The van der Waals surface area contributed by atoms with Crippen molar-refractivity contribution in [3.8, 4) is 5.75 Å². The lowest BCUT2D eigenvalue weighted by molar-refractivity contribution is -0.142. The Morgan fingerprint density at radius 2 is 1.35 bits per heavy atom. The molecule has 298 valence electrons. The molecule has 4 aliphatic carbocycles. The number of carbonyl (C=O) groups is 6. The molecule has 9 N–H and O–H groups in total. The number of benzene rings is 2. The van der Waals surface area contributed by atoms with Crippen LogP contribution in [0.2, 0.25) is 0 Å². The highest BCUT2D eigenvalue weighted by atomic mass is 32.2. The number of hydrogen-bond acceptors (Lipinski definition) is 9. The highest BCUT2D eigenvalue weighted by Crippen LogP contribution is 2.55. The van der Waals surface area contributed by atoms with Crippen molar-refractivity contribution in [1.29, 1.82) is 0 Å². The number of nitrogens with one attached hydrogen (secondary N) is 5. The summed E-state index contributed by atoms with van der Waals surface area (Å²) in [5.74, 6) is -1.69. The van der Waals surface area contributed by atoms with Gasteiger partial charge in [0.1, 0.15) is 23.9 Å². The predicted octanol–water partition coefficient (Wildman–Crippen LogP) is 1.78. The van der Waals surface area contributed by atoms with Gasteiger partial charge in [-0.3, -0.25) is 24.0 Å². The van der Waals surface area contributed by atoms with E-state index in [0.717, 1.165) is 24.8 Å². The van der Waals surface area contributed by atoms with Crippen LogP contribution in [-0.4, -0.2) is 94.0 Å². The molecule has 4 aliphatic rings. The minimum absolute atomic E-state index is 0.0416. The van der Waals surface area contributed by atoms with Crippen LogP contribution in [0.1, 0.15) is 68.9 Å². The fourth-order valence-corrected chi connectivity index (χ4v) is 9.26. The molecule has 2 aromatic rings. The molecule has 4 saturated carbocycles. The molecule has 14 nitrogen and oxygen atoms in total. The molecule has 15 heteroatoms. The van der Waals surface area contributed by atoms with E-state index in [-0.39, 0.29) is 49.3 Å². The lowest BCUT2D eigenvalue weighted by Crippen LogP contribution is -2.60. The summed E-state index contributed by atoms with van der Waals surface area (Å²) in [6.45, 7) is -0.558. The Balaban J connectivity index is 1.22. The van der Waals surface area contributed by atoms with Gasteiger partial charge in [0, 0.05) is 18.4 Å². The second kappa shape index (κ2) is 19.3. The van der Waals surface area contributed by atoms with Gasteiger partial charge in [0.2, 0.25) is 29.5 Å². The van der Waals surface area contributed by atoms with Gasteiger partial charge in [-0.05, 0) is 111 Å². The van der Waals surface area contributed by atoms with Crippen LogP contribution in [0.15, 0.2) is 54.6 Å². The third-order valence-corrected chi connectivity index (χ3v) is 11.7. The molecule has 0 aliphatic heterocycles. The van der Waals surface area contributed by atoms with Gasteiger partial charge < -0.3 is 42.5 Å². The molecular formula is C40H54N6O8S. The quantitative estimate of drug-likeness (QED) is 0.0972. The summed E-state index contributed by atoms with van der Waals surface area (Å²) in [7, 11) is 0. The van der Waals surface area contributed by atoms with Gasteiger partial charge >= 0.3 is 5.97 Å². The Hall–Kier alpha value is -4.63. The number of aliphatic carboxylic acids is 1. The summed E-state index contributed by atoms with van der Waals surface area (Å²) in [4.78, 5) is 78.6. The van der Waals surface area contributed by atoms with Crippen LogP contribution >= 0.6 is 11.8 Å². The Bertz CT molecular complexity index is 1640. The molecule has 6 rings (SSSR count). The number of aromatic hydroxyl groups is 1. The monoisotopic (exact) mass is 778 g/mol. The molecule has 0 aromatic heterocycles. The standard InChI is InChI=1S/C40H54N6O8S/c1-55-14-13-32(39(53)54)45-38(52)33(19-24-5-3-2-4-6-24)43-35(49)23-42-37(51)31(44-36(50)30(41)18-25-7-9-29(47)10-8-25)11-12-34(48)46-40-20-26-15-27(21-40)17-28(16-26)22-40/h2-10,26-28,30-33,47H,11-23,41H2,1H3,(H,42,51)(H,43,49)(H,44,50)(H,45,52)(H,46,48)(H,53,54)/t26?,27?,28?,30-,31+,32-,33-,40?/m0/s1. The molecule has 0 saturated heterocycles. The number of carbonyl (C=O) groups excluding carboxylic acids is 5. The zero-order valence-corrected chi connectivity index (χ0v) is 32.1. The third-order valence-electron chi connectivity index (χ3n) is 11.0. The van der Waals surface area contributed by atoms with Gasteiger partial charge in [-0.15, -0.1) is 0 Å². The van der Waals surface area contributed by atoms with Crippen LogP contribution in [0.3, 0.4) is 0 Å². The minimum Gasteiger partial charge on any atom is -0.508 e. The van der Waals surface area contributed by atoms with Crippen molar-refractivity contribution in [1.82, 2.24) is 26.6 Å². The maximum atomic E-state index is 13.6. The number of rotatable bonds is 20. The number of carboxylic acids is 1. The number of phenolic OH excluding ortho intramolecular Hbond substituents is 1. The van der Waals surface area contributed by atoms with Gasteiger partial charge in [-0.2, -0.15) is 11.8 Å². The van der Waals surface area contributed by atoms with Crippen molar-refractivity contribution >= 4 is 47.3 Å². The third kappa shape index (κ3) is 12.2. The van der Waals surface area contributed by atoms with Crippen LogP contribution in [0.5, 0.6) is 5.75 Å². The van der Waals surface area contributed by atoms with Gasteiger partial charge in [-0.25, -0.2) is 4.79 Å². The highest BCUT2D eigenvalue weighted by molar-refractivity contribution is 7.98. The van der Waals surface area contributed by atoms with Gasteiger partial charge in [0.05, 0.1) is 12.6 Å². The topological polar surface area (TPSA) is 229 Å². The molecule has 55 heavy (non-hydrogen) atoms. The molecule has 4 bridgehead atoms. The molecule has 0 radical (unpaired) electrons. The first-order valence-corrected chi connectivity index (χ1v) is 20.5. The van der Waals surface area contributed by atoms with Crippen LogP contribution in [-0.2, 0) is 41.6 Å². The van der Waals surface area contributed by atoms with Crippen molar-refractivity contribution in [3.63, 3.8) is 0 Å². The molecule has 5 amide bonds. The first-order chi connectivity index (χ1) is 26.3. The van der Waals surface area contributed by atoms with Crippen LogP contribution in [0.25, 0.3) is 0 Å². The second-order valence-electron chi connectivity index (χ2n) is 15.5. The number of amides is 5. The molecule has 0 unspecified atom stereocenters. The average molecular weight is 779 g/mol. The van der Waals surface area contributed by atoms with E-state index in [1.807, 2.05) is 6.26 Å². The van der Waals surface area contributed by atoms with Crippen molar-refractivity contribution in [2.45, 2.75) is 100 Å². The van der Waals surface area contributed by atoms with E-state index >= 15 is 0 Å². The normalized spacial score (nSPS) is 23.1. The minimum atomic E-state index is -1.20. The Morgan fingerprint density at radius 3 is 1.95 bits per heavy atom. The molecule has 0 spiro atoms. The summed E-state index contributed by atoms with van der Waals surface area (Å²) < 4.78 is 0. The molecule has 0 heterocycles. The van der Waals surface area contributed by atoms with Gasteiger partial charge in [-0.1, -0.05) is 42.5 Å². The van der Waals surface area contributed by atoms with E-state index in [2.05, 4.69) is 26.6 Å². The van der Waals surface area contributed by atoms with Gasteiger partial charge in [0.15, 0.2) is 0 Å². The zero-order chi connectivity index (χ0) is 39.5. The fourth-order valence-electron chi connectivity index (χ4n) is 8.78. The van der Waals surface area contributed by atoms with Crippen molar-refractivity contribution in [3.05, 3.63) is 65.7 Å². The van der Waals surface area contributed by atoms with Crippen molar-refractivity contribution in [2.75, 3.05) is 18.6 Å². The van der Waals surface area contributed by atoms with E-state index in [1.165, 1.54) is 43.2 Å². The lowest BCUT2D eigenvalue weighted by atomic mass is 9.53. The molecular weight excluding hydrogens is 725 g/mol. The smallest absolute Gasteiger partial charge is 0.326 e. The number of hydrogen-bond donors (Lipinski definition) is 8. The van der Waals surface area contributed by atoms with Crippen molar-refractivity contribution in [2.24, 2.45) is 23.5 Å². The van der Waals surface area contributed by atoms with Crippen molar-refractivity contribution < 1.29 is 39.0 Å². The SMILES string of the molecule is CSCC[C@H](NC(=O)[C@H](Cc1ccccc1)NC(=O)CNC(=O)[C@@H](CCC(=O)NC12CC3CC(CC(C3)C1)C2)NC(=O)[C@@H](N)Cc1ccc(O)cc1)C(=O)O. The second-order valence-corrected chi connectivity index (χ2v) is 16.5. The molecule has 2 aromatic carbocycles. The summed E-state index contributed by atoms with van der Waals surface area (Å²) in [6, 6.07) is 10.6. The summed E-state index contributed by atoms with van der Waals surface area (Å²) in [5.41, 5.74) is 7.41. The highest BCUT2D eigenvalue weighted by Gasteiger charge is 2.51. The van der Waals surface area contributed by atoms with Crippen LogP contribution in [0, 0.1) is 17.8 Å².